The molecular weight excluding hydrogens is 417 g/mol. The van der Waals surface area contributed by atoms with Crippen molar-refractivity contribution in [2.24, 2.45) is 0 Å². The number of nitrogens with zero attached hydrogens (tertiary/aromatic N) is 1. The Kier molecular flexibility index (Phi) is 11.5. The van der Waals surface area contributed by atoms with Crippen molar-refractivity contribution >= 4 is 16.1 Å². The Morgan fingerprint density at radius 1 is 0.935 bits per heavy atom. The Hall–Kier alpha value is -1.67. The lowest BCUT2D eigenvalue weighted by Crippen LogP contribution is -2.51. The van der Waals surface area contributed by atoms with Crippen molar-refractivity contribution in [1.29, 1.82) is 0 Å². The third-order valence-corrected chi connectivity index (χ3v) is 7.90. The first-order chi connectivity index (χ1) is 14.0. The van der Waals surface area contributed by atoms with Gasteiger partial charge in [0.1, 0.15) is 5.82 Å². The van der Waals surface area contributed by atoms with Crippen molar-refractivity contribution in [1.82, 2.24) is 14.9 Å². The third kappa shape index (κ3) is 7.75. The first-order valence-corrected chi connectivity index (χ1v) is 12.2. The Balaban J connectivity index is 0.00000240. The number of carbonyl (C=O) groups excluding carboxylic acids is 1. The average Bonchev–Trinajstić information content (AvgIpc) is 2.69. The van der Waals surface area contributed by atoms with Crippen LogP contribution in [0.2, 0.25) is 0 Å². The quantitative estimate of drug-likeness (QED) is 0.649. The fourth-order valence-corrected chi connectivity index (χ4v) is 5.98. The molecule has 6 nitrogen and oxygen atoms in total. The maximum atomic E-state index is 13.2. The maximum Gasteiger partial charge on any atom is 0.315 e. The Morgan fingerprint density at radius 2 is 1.52 bits per heavy atom. The Bertz CT molecular complexity index is 763. The number of sulfonamides is 1. The van der Waals surface area contributed by atoms with E-state index in [0.29, 0.717) is 13.0 Å². The summed E-state index contributed by atoms with van der Waals surface area (Å²) in [6, 6.07) is 4.60. The standard InChI is InChI=1S/C21H32FN3O3S.2CH4/c22-17-11-13-20(14-12-17)29(27,28)25-15-7-6-10-19(25)16-23-21(26)24-18-8-4-2-1-3-5-9-18;;/h11-14,18-19H,1-10,15-16H2,(H2,23,24,26);2*1H4. The lowest BCUT2D eigenvalue weighted by molar-refractivity contribution is 0.219. The van der Waals surface area contributed by atoms with Crippen LogP contribution >= 0.6 is 0 Å². The molecule has 0 bridgehead atoms. The molecule has 0 spiro atoms. The van der Waals surface area contributed by atoms with Crippen LogP contribution in [0, 0.1) is 5.82 Å². The van der Waals surface area contributed by atoms with Gasteiger partial charge in [-0.25, -0.2) is 17.6 Å². The number of urea groups is 1. The number of carbonyl (C=O) groups is 1. The van der Waals surface area contributed by atoms with Gasteiger partial charge in [0.25, 0.3) is 0 Å². The molecule has 1 heterocycles. The van der Waals surface area contributed by atoms with Gasteiger partial charge in [0.2, 0.25) is 10.0 Å². The number of nitrogens with one attached hydrogen (secondary N) is 2. The third-order valence-electron chi connectivity index (χ3n) is 5.93. The second-order valence-corrected chi connectivity index (χ2v) is 10.0. The summed E-state index contributed by atoms with van der Waals surface area (Å²) in [7, 11) is -3.72. The van der Waals surface area contributed by atoms with Gasteiger partial charge in [-0.1, -0.05) is 53.4 Å². The second-order valence-electron chi connectivity index (χ2n) is 8.12. The minimum absolute atomic E-state index is 0. The number of hydrogen-bond acceptors (Lipinski definition) is 3. The largest absolute Gasteiger partial charge is 0.337 e. The first-order valence-electron chi connectivity index (χ1n) is 10.8. The smallest absolute Gasteiger partial charge is 0.315 e. The SMILES string of the molecule is C.C.O=C(NCC1CCCCN1S(=O)(=O)c1ccc(F)cc1)NC1CCCCCCC1. The van der Waals surface area contributed by atoms with Gasteiger partial charge in [-0.15, -0.1) is 0 Å². The first kappa shape index (κ1) is 27.4. The van der Waals surface area contributed by atoms with Gasteiger partial charge < -0.3 is 10.6 Å². The van der Waals surface area contributed by atoms with E-state index in [1.807, 2.05) is 0 Å². The van der Waals surface area contributed by atoms with E-state index in [0.717, 1.165) is 50.7 Å². The van der Waals surface area contributed by atoms with Crippen LogP contribution in [0.15, 0.2) is 29.2 Å². The summed E-state index contributed by atoms with van der Waals surface area (Å²) in [6.07, 6.45) is 10.4. The molecule has 8 heteroatoms. The highest BCUT2D eigenvalue weighted by atomic mass is 32.2. The molecule has 178 valence electrons. The van der Waals surface area contributed by atoms with Crippen LogP contribution < -0.4 is 10.6 Å². The summed E-state index contributed by atoms with van der Waals surface area (Å²) in [5.41, 5.74) is 0. The lowest BCUT2D eigenvalue weighted by Gasteiger charge is -2.35. The van der Waals surface area contributed by atoms with Crippen LogP contribution in [-0.4, -0.2) is 43.9 Å². The zero-order valence-electron chi connectivity index (χ0n) is 16.9. The van der Waals surface area contributed by atoms with Gasteiger partial charge >= 0.3 is 6.03 Å². The summed E-state index contributed by atoms with van der Waals surface area (Å²) in [4.78, 5) is 12.5. The maximum absolute atomic E-state index is 13.2. The van der Waals surface area contributed by atoms with E-state index in [2.05, 4.69) is 10.6 Å². The van der Waals surface area contributed by atoms with Crippen LogP contribution in [0.5, 0.6) is 0 Å². The molecule has 2 amide bonds. The molecule has 0 aromatic heterocycles. The topological polar surface area (TPSA) is 78.5 Å². The molecule has 1 saturated carbocycles. The zero-order chi connectivity index (χ0) is 20.7. The fraction of sp³-hybridized carbons (Fsp3) is 0.696. The van der Waals surface area contributed by atoms with Crippen molar-refractivity contribution in [3.63, 3.8) is 0 Å². The molecule has 1 aliphatic heterocycles. The van der Waals surface area contributed by atoms with Gasteiger partial charge in [0.05, 0.1) is 4.90 Å². The van der Waals surface area contributed by atoms with E-state index in [9.17, 15) is 17.6 Å². The van der Waals surface area contributed by atoms with Gasteiger partial charge in [0, 0.05) is 25.2 Å². The molecule has 0 radical (unpaired) electrons. The Labute approximate surface area is 188 Å². The lowest BCUT2D eigenvalue weighted by atomic mass is 9.97. The summed E-state index contributed by atoms with van der Waals surface area (Å²) < 4.78 is 40.7. The molecule has 1 aromatic carbocycles. The molecule has 2 aliphatic rings. The normalized spacial score (nSPS) is 21.0. The van der Waals surface area contributed by atoms with E-state index in [1.165, 1.54) is 35.7 Å². The van der Waals surface area contributed by atoms with Crippen LogP contribution in [-0.2, 0) is 10.0 Å². The number of benzene rings is 1. The zero-order valence-corrected chi connectivity index (χ0v) is 17.7. The molecule has 1 unspecified atom stereocenters. The van der Waals surface area contributed by atoms with Crippen molar-refractivity contribution < 1.29 is 17.6 Å². The van der Waals surface area contributed by atoms with Crippen LogP contribution in [0.4, 0.5) is 9.18 Å². The van der Waals surface area contributed by atoms with Crippen molar-refractivity contribution in [2.75, 3.05) is 13.1 Å². The van der Waals surface area contributed by atoms with Crippen LogP contribution in [0.1, 0.15) is 79.1 Å². The van der Waals surface area contributed by atoms with Crippen molar-refractivity contribution in [3.8, 4) is 0 Å². The summed E-state index contributed by atoms with van der Waals surface area (Å²) in [5.74, 6) is -0.466. The number of hydrogen-bond donors (Lipinski definition) is 2. The van der Waals surface area contributed by atoms with E-state index in [1.54, 1.807) is 0 Å². The predicted molar refractivity (Wildman–Crippen MR) is 124 cm³/mol. The molecule has 31 heavy (non-hydrogen) atoms. The molecule has 1 aromatic rings. The Morgan fingerprint density at radius 3 is 2.16 bits per heavy atom. The minimum Gasteiger partial charge on any atom is -0.337 e. The number of rotatable bonds is 5. The molecule has 3 rings (SSSR count). The minimum atomic E-state index is -3.72. The van der Waals surface area contributed by atoms with E-state index in [4.69, 9.17) is 0 Å². The molecule has 1 aliphatic carbocycles. The number of halogens is 1. The molecule has 1 atom stereocenters. The fourth-order valence-electron chi connectivity index (χ4n) is 4.28. The van der Waals surface area contributed by atoms with Crippen LogP contribution in [0.3, 0.4) is 0 Å². The molecule has 1 saturated heterocycles. The molecule has 2 N–H and O–H groups in total. The van der Waals surface area contributed by atoms with Gasteiger partial charge in [-0.05, 0) is 49.9 Å². The molecular formula is C23H40FN3O3S. The van der Waals surface area contributed by atoms with Crippen molar-refractivity contribution in [3.05, 3.63) is 30.1 Å². The summed E-state index contributed by atoms with van der Waals surface area (Å²) in [6.45, 7) is 0.690. The van der Waals surface area contributed by atoms with Gasteiger partial charge in [0.15, 0.2) is 0 Å². The summed E-state index contributed by atoms with van der Waals surface area (Å²) in [5, 5.41) is 5.94. The second kappa shape index (κ2) is 13.0. The molecule has 2 fully saturated rings. The predicted octanol–water partition coefficient (Wildman–Crippen LogP) is 5.05. The monoisotopic (exact) mass is 457 g/mol. The number of amides is 2. The highest BCUT2D eigenvalue weighted by Gasteiger charge is 2.33. The van der Waals surface area contributed by atoms with Crippen molar-refractivity contribution in [2.45, 2.75) is 96.0 Å². The van der Waals surface area contributed by atoms with E-state index >= 15 is 0 Å². The van der Waals surface area contributed by atoms with E-state index < -0.39 is 15.8 Å². The van der Waals surface area contributed by atoms with Crippen LogP contribution in [0.25, 0.3) is 0 Å². The van der Waals surface area contributed by atoms with Gasteiger partial charge in [-0.2, -0.15) is 4.31 Å². The highest BCUT2D eigenvalue weighted by Crippen LogP contribution is 2.25. The highest BCUT2D eigenvalue weighted by molar-refractivity contribution is 7.89. The number of piperidine rings is 1. The van der Waals surface area contributed by atoms with Gasteiger partial charge in [-0.3, -0.25) is 0 Å². The average molecular weight is 458 g/mol. The summed E-state index contributed by atoms with van der Waals surface area (Å²) >= 11 is 0. The van der Waals surface area contributed by atoms with E-state index in [-0.39, 0.29) is 44.4 Å².